The first kappa shape index (κ1) is 12.3. The van der Waals surface area contributed by atoms with Crippen molar-refractivity contribution < 1.29 is 9.53 Å². The van der Waals surface area contributed by atoms with Gasteiger partial charge in [0.25, 0.3) is 0 Å². The van der Waals surface area contributed by atoms with E-state index >= 15 is 0 Å². The number of para-hydroxylation sites is 1. The van der Waals surface area contributed by atoms with Crippen LogP contribution < -0.4 is 0 Å². The maximum absolute atomic E-state index is 12.1. The molecule has 19 heavy (non-hydrogen) atoms. The average molecular weight is 274 g/mol. The van der Waals surface area contributed by atoms with Gasteiger partial charge in [-0.05, 0) is 18.2 Å². The number of nitrogens with zero attached hydrogens (tertiary/aromatic N) is 2. The van der Waals surface area contributed by atoms with Crippen LogP contribution in [0.5, 0.6) is 0 Å². The standard InChI is InChI=1S/C14H14N2O2S/c17-14(18-8-11-9-19-10-11)12-4-1-2-5-13(12)16-7-3-6-15-16/h1-7,11H,8-10H2. The molecule has 3 rings (SSSR count). The van der Waals surface area contributed by atoms with E-state index in [0.717, 1.165) is 17.2 Å². The fourth-order valence-corrected chi connectivity index (χ4v) is 2.67. The van der Waals surface area contributed by atoms with E-state index in [9.17, 15) is 4.79 Å². The maximum atomic E-state index is 12.1. The number of benzene rings is 1. The molecule has 1 aromatic carbocycles. The minimum atomic E-state index is -0.275. The zero-order chi connectivity index (χ0) is 13.1. The molecule has 0 radical (unpaired) electrons. The lowest BCUT2D eigenvalue weighted by molar-refractivity contribution is 0.0458. The van der Waals surface area contributed by atoms with E-state index in [1.807, 2.05) is 42.2 Å². The molecular weight excluding hydrogens is 260 g/mol. The van der Waals surface area contributed by atoms with Gasteiger partial charge in [-0.25, -0.2) is 9.48 Å². The van der Waals surface area contributed by atoms with Crippen LogP contribution in [0.25, 0.3) is 5.69 Å². The predicted molar refractivity (Wildman–Crippen MR) is 74.7 cm³/mol. The van der Waals surface area contributed by atoms with Crippen molar-refractivity contribution in [1.82, 2.24) is 9.78 Å². The van der Waals surface area contributed by atoms with E-state index in [1.165, 1.54) is 0 Å². The molecule has 4 nitrogen and oxygen atoms in total. The molecule has 0 unspecified atom stereocenters. The Labute approximate surface area is 115 Å². The molecule has 1 aromatic heterocycles. The Morgan fingerprint density at radius 3 is 2.89 bits per heavy atom. The van der Waals surface area contributed by atoms with Crippen LogP contribution in [0.2, 0.25) is 0 Å². The van der Waals surface area contributed by atoms with E-state index in [4.69, 9.17) is 4.74 Å². The van der Waals surface area contributed by atoms with Gasteiger partial charge in [0.1, 0.15) is 0 Å². The van der Waals surface area contributed by atoms with E-state index in [-0.39, 0.29) is 5.97 Å². The number of carbonyl (C=O) groups excluding carboxylic acids is 1. The number of esters is 1. The summed E-state index contributed by atoms with van der Waals surface area (Å²) in [6, 6.07) is 9.19. The lowest BCUT2D eigenvalue weighted by Gasteiger charge is -2.24. The van der Waals surface area contributed by atoms with E-state index in [2.05, 4.69) is 5.10 Å². The highest BCUT2D eigenvalue weighted by molar-refractivity contribution is 8.00. The van der Waals surface area contributed by atoms with Gasteiger partial charge in [-0.15, -0.1) is 0 Å². The first-order chi connectivity index (χ1) is 9.34. The molecule has 1 saturated heterocycles. The normalized spacial score (nSPS) is 14.9. The maximum Gasteiger partial charge on any atom is 0.340 e. The number of thioether (sulfide) groups is 1. The number of hydrogen-bond acceptors (Lipinski definition) is 4. The Hall–Kier alpha value is -1.75. The average Bonchev–Trinajstić information content (AvgIpc) is 2.90. The monoisotopic (exact) mass is 274 g/mol. The number of rotatable bonds is 4. The topological polar surface area (TPSA) is 44.1 Å². The number of ether oxygens (including phenoxy) is 1. The van der Waals surface area contributed by atoms with Crippen molar-refractivity contribution in [3.8, 4) is 5.69 Å². The van der Waals surface area contributed by atoms with Gasteiger partial charge in [0.2, 0.25) is 0 Å². The highest BCUT2D eigenvalue weighted by Gasteiger charge is 2.21. The molecule has 0 amide bonds. The molecule has 0 aliphatic carbocycles. The highest BCUT2D eigenvalue weighted by atomic mass is 32.2. The SMILES string of the molecule is O=C(OCC1CSC1)c1ccccc1-n1cccn1. The summed E-state index contributed by atoms with van der Waals surface area (Å²) in [7, 11) is 0. The van der Waals surface area contributed by atoms with Gasteiger partial charge in [-0.1, -0.05) is 12.1 Å². The summed E-state index contributed by atoms with van der Waals surface area (Å²) in [5.74, 6) is 2.43. The third-order valence-corrected chi connectivity index (χ3v) is 4.45. The summed E-state index contributed by atoms with van der Waals surface area (Å²) < 4.78 is 7.05. The zero-order valence-corrected chi connectivity index (χ0v) is 11.2. The minimum Gasteiger partial charge on any atom is -0.462 e. The van der Waals surface area contributed by atoms with Crippen LogP contribution in [0.3, 0.4) is 0 Å². The molecule has 0 spiro atoms. The molecule has 1 aliphatic rings. The van der Waals surface area contributed by atoms with Crippen LogP contribution in [-0.4, -0.2) is 33.9 Å². The van der Waals surface area contributed by atoms with Crippen molar-refractivity contribution in [3.63, 3.8) is 0 Å². The Morgan fingerprint density at radius 2 is 2.21 bits per heavy atom. The Kier molecular flexibility index (Phi) is 3.55. The van der Waals surface area contributed by atoms with Crippen molar-refractivity contribution in [2.45, 2.75) is 0 Å². The first-order valence-electron chi connectivity index (χ1n) is 6.18. The van der Waals surface area contributed by atoms with Gasteiger partial charge in [0, 0.05) is 29.8 Å². The van der Waals surface area contributed by atoms with Gasteiger partial charge < -0.3 is 4.74 Å². The third-order valence-electron chi connectivity index (χ3n) is 3.03. The predicted octanol–water partition coefficient (Wildman–Crippen LogP) is 2.39. The molecular formula is C14H14N2O2S. The summed E-state index contributed by atoms with van der Waals surface area (Å²) in [6.07, 6.45) is 3.50. The lowest BCUT2D eigenvalue weighted by Crippen LogP contribution is -2.25. The van der Waals surface area contributed by atoms with Crippen molar-refractivity contribution >= 4 is 17.7 Å². The Morgan fingerprint density at radius 1 is 1.37 bits per heavy atom. The van der Waals surface area contributed by atoms with Crippen molar-refractivity contribution in [2.75, 3.05) is 18.1 Å². The van der Waals surface area contributed by atoms with Crippen LogP contribution in [0, 0.1) is 5.92 Å². The molecule has 98 valence electrons. The second kappa shape index (κ2) is 5.48. The summed E-state index contributed by atoms with van der Waals surface area (Å²) >= 11 is 1.89. The molecule has 1 aliphatic heterocycles. The van der Waals surface area contributed by atoms with Gasteiger partial charge in [-0.3, -0.25) is 0 Å². The fourth-order valence-electron chi connectivity index (χ4n) is 1.91. The molecule has 0 saturated carbocycles. The fraction of sp³-hybridized carbons (Fsp3) is 0.286. The lowest BCUT2D eigenvalue weighted by atomic mass is 10.2. The summed E-state index contributed by atoms with van der Waals surface area (Å²) in [4.78, 5) is 12.1. The van der Waals surface area contributed by atoms with Gasteiger partial charge >= 0.3 is 5.97 Å². The zero-order valence-electron chi connectivity index (χ0n) is 10.4. The smallest absolute Gasteiger partial charge is 0.340 e. The van der Waals surface area contributed by atoms with E-state index < -0.39 is 0 Å². The molecule has 0 N–H and O–H groups in total. The molecule has 5 heteroatoms. The van der Waals surface area contributed by atoms with E-state index in [0.29, 0.717) is 18.1 Å². The third kappa shape index (κ3) is 2.66. The summed E-state index contributed by atoms with van der Waals surface area (Å²) in [6.45, 7) is 0.513. The van der Waals surface area contributed by atoms with Crippen LogP contribution in [0.4, 0.5) is 0 Å². The molecule has 0 bridgehead atoms. The Bertz CT molecular complexity index is 565. The number of aromatic nitrogens is 2. The molecule has 1 fully saturated rings. The van der Waals surface area contributed by atoms with Crippen LogP contribution in [0.15, 0.2) is 42.7 Å². The number of hydrogen-bond donors (Lipinski definition) is 0. The minimum absolute atomic E-state index is 0.275. The van der Waals surface area contributed by atoms with Gasteiger partial charge in [-0.2, -0.15) is 16.9 Å². The first-order valence-corrected chi connectivity index (χ1v) is 7.34. The summed E-state index contributed by atoms with van der Waals surface area (Å²) in [5, 5.41) is 4.16. The van der Waals surface area contributed by atoms with E-state index in [1.54, 1.807) is 16.9 Å². The molecule has 2 aromatic rings. The van der Waals surface area contributed by atoms with Crippen molar-refractivity contribution in [2.24, 2.45) is 5.92 Å². The second-order valence-corrected chi connectivity index (χ2v) is 5.54. The Balaban J connectivity index is 1.77. The largest absolute Gasteiger partial charge is 0.462 e. The second-order valence-electron chi connectivity index (χ2n) is 4.47. The van der Waals surface area contributed by atoms with Crippen LogP contribution >= 0.6 is 11.8 Å². The summed E-state index contributed by atoms with van der Waals surface area (Å²) in [5.41, 5.74) is 1.30. The van der Waals surface area contributed by atoms with Crippen molar-refractivity contribution in [1.29, 1.82) is 0 Å². The van der Waals surface area contributed by atoms with Crippen molar-refractivity contribution in [3.05, 3.63) is 48.3 Å². The van der Waals surface area contributed by atoms with Crippen LogP contribution in [-0.2, 0) is 4.74 Å². The van der Waals surface area contributed by atoms with Gasteiger partial charge in [0.05, 0.1) is 17.9 Å². The molecule has 2 heterocycles. The quantitative estimate of drug-likeness (QED) is 0.803. The molecule has 0 atom stereocenters. The van der Waals surface area contributed by atoms with Gasteiger partial charge in [0.15, 0.2) is 0 Å². The number of carbonyl (C=O) groups is 1. The highest BCUT2D eigenvalue weighted by Crippen LogP contribution is 2.25. The van der Waals surface area contributed by atoms with Crippen LogP contribution in [0.1, 0.15) is 10.4 Å².